The maximum absolute atomic E-state index is 12.6. The summed E-state index contributed by atoms with van der Waals surface area (Å²) in [5.41, 5.74) is 14.2. The molecule has 1 aliphatic rings. The Hall–Kier alpha value is -2.98. The van der Waals surface area contributed by atoms with Crippen LogP contribution in [-0.2, 0) is 6.42 Å². The van der Waals surface area contributed by atoms with Crippen molar-refractivity contribution in [1.82, 2.24) is 9.97 Å². The van der Waals surface area contributed by atoms with Gasteiger partial charge in [0.05, 0.1) is 11.6 Å². The summed E-state index contributed by atoms with van der Waals surface area (Å²) in [5.74, 6) is -0.103. The van der Waals surface area contributed by atoms with Crippen LogP contribution in [0, 0.1) is 11.3 Å². The molecule has 0 saturated carbocycles. The van der Waals surface area contributed by atoms with E-state index >= 15 is 0 Å². The average Bonchev–Trinajstić information content (AvgIpc) is 2.62. The third-order valence-electron chi connectivity index (χ3n) is 4.35. The number of nitriles is 1. The first-order valence-corrected chi connectivity index (χ1v) is 8.21. The van der Waals surface area contributed by atoms with Crippen molar-refractivity contribution in [1.29, 1.82) is 5.26 Å². The first-order chi connectivity index (χ1) is 12.1. The van der Waals surface area contributed by atoms with E-state index in [1.54, 1.807) is 12.1 Å². The lowest BCUT2D eigenvalue weighted by Gasteiger charge is -2.34. The molecule has 1 saturated heterocycles. The molecule has 4 N–H and O–H groups in total. The lowest BCUT2D eigenvalue weighted by Crippen LogP contribution is -2.43. The molecule has 128 valence electrons. The van der Waals surface area contributed by atoms with Gasteiger partial charge in [-0.2, -0.15) is 5.26 Å². The highest BCUT2D eigenvalue weighted by Crippen LogP contribution is 2.26. The molecule has 0 amide bonds. The van der Waals surface area contributed by atoms with E-state index in [9.17, 15) is 10.1 Å². The van der Waals surface area contributed by atoms with Crippen molar-refractivity contribution < 1.29 is 4.79 Å². The number of carbonyl (C=O) groups is 1. The van der Waals surface area contributed by atoms with Gasteiger partial charge in [-0.3, -0.25) is 4.79 Å². The Morgan fingerprint density at radius 3 is 2.88 bits per heavy atom. The van der Waals surface area contributed by atoms with Crippen LogP contribution in [-0.4, -0.2) is 34.9 Å². The van der Waals surface area contributed by atoms with E-state index in [1.165, 1.54) is 12.4 Å². The summed E-state index contributed by atoms with van der Waals surface area (Å²) in [5, 5.41) is 9.19. The monoisotopic (exact) mass is 336 g/mol. The van der Waals surface area contributed by atoms with E-state index in [1.807, 2.05) is 6.07 Å². The van der Waals surface area contributed by atoms with Gasteiger partial charge in [-0.1, -0.05) is 0 Å². The third kappa shape index (κ3) is 3.75. The van der Waals surface area contributed by atoms with Crippen molar-refractivity contribution in [3.63, 3.8) is 0 Å². The van der Waals surface area contributed by atoms with E-state index in [0.29, 0.717) is 5.56 Å². The number of nitrogen functional groups attached to an aromatic ring is 1. The normalized spacial score (nSPS) is 17.1. The lowest BCUT2D eigenvalue weighted by molar-refractivity contribution is 0.0989. The van der Waals surface area contributed by atoms with Crippen LogP contribution in [0.4, 0.5) is 11.5 Å². The van der Waals surface area contributed by atoms with Crippen LogP contribution < -0.4 is 16.4 Å². The third-order valence-corrected chi connectivity index (χ3v) is 4.35. The van der Waals surface area contributed by atoms with Crippen LogP contribution in [0.1, 0.15) is 34.5 Å². The minimum absolute atomic E-state index is 0.111. The molecule has 2 heterocycles. The van der Waals surface area contributed by atoms with Gasteiger partial charge in [0.25, 0.3) is 0 Å². The number of Topliss-reactive ketones (excluding diaryl/α,β-unsaturated/α-hetero) is 1. The highest BCUT2D eigenvalue weighted by molar-refractivity contribution is 6.00. The van der Waals surface area contributed by atoms with Gasteiger partial charge < -0.3 is 16.4 Å². The number of carbonyl (C=O) groups excluding carboxylic acids is 1. The summed E-state index contributed by atoms with van der Waals surface area (Å²) >= 11 is 0. The Morgan fingerprint density at radius 2 is 2.16 bits per heavy atom. The smallest absolute Gasteiger partial charge is 0.189 e. The van der Waals surface area contributed by atoms with Crippen LogP contribution in [0.2, 0.25) is 0 Å². The molecule has 1 aromatic heterocycles. The fraction of sp³-hybridized carbons (Fsp3) is 0.333. The molecule has 1 aromatic carbocycles. The van der Waals surface area contributed by atoms with Crippen LogP contribution in [0.25, 0.3) is 0 Å². The van der Waals surface area contributed by atoms with Crippen molar-refractivity contribution in [2.75, 3.05) is 23.7 Å². The Labute approximate surface area is 146 Å². The number of hydrogen-bond acceptors (Lipinski definition) is 7. The van der Waals surface area contributed by atoms with Crippen LogP contribution in [0.5, 0.6) is 0 Å². The van der Waals surface area contributed by atoms with Crippen molar-refractivity contribution in [3.05, 3.63) is 47.4 Å². The van der Waals surface area contributed by atoms with Gasteiger partial charge in [-0.25, -0.2) is 9.97 Å². The molecule has 2 aromatic rings. The first-order valence-electron chi connectivity index (χ1n) is 8.21. The number of benzene rings is 1. The zero-order valence-corrected chi connectivity index (χ0v) is 13.9. The van der Waals surface area contributed by atoms with E-state index in [2.05, 4.69) is 20.9 Å². The fourth-order valence-corrected chi connectivity index (χ4v) is 3.15. The molecule has 0 aliphatic carbocycles. The number of piperidine rings is 1. The van der Waals surface area contributed by atoms with Crippen molar-refractivity contribution in [2.24, 2.45) is 5.73 Å². The number of nitrogens with zero attached hydrogens (tertiary/aromatic N) is 4. The Bertz CT molecular complexity index is 829. The number of rotatable bonds is 4. The highest BCUT2D eigenvalue weighted by Gasteiger charge is 2.22. The fourth-order valence-electron chi connectivity index (χ4n) is 3.15. The molecule has 1 fully saturated rings. The molecule has 7 nitrogen and oxygen atoms in total. The van der Waals surface area contributed by atoms with Gasteiger partial charge >= 0.3 is 0 Å². The second-order valence-electron chi connectivity index (χ2n) is 6.19. The Kier molecular flexibility index (Phi) is 4.91. The van der Waals surface area contributed by atoms with E-state index < -0.39 is 0 Å². The zero-order chi connectivity index (χ0) is 17.8. The zero-order valence-electron chi connectivity index (χ0n) is 13.9. The number of anilines is 2. The highest BCUT2D eigenvalue weighted by atomic mass is 16.1. The molecule has 3 rings (SSSR count). The Morgan fingerprint density at radius 1 is 1.36 bits per heavy atom. The van der Waals surface area contributed by atoms with Crippen LogP contribution >= 0.6 is 0 Å². The SMILES string of the molecule is N#Cc1ccc(N2CCCC(N)C2)c(CC(=O)c2nccnc2N)c1. The van der Waals surface area contributed by atoms with Crippen LogP contribution in [0.3, 0.4) is 0 Å². The van der Waals surface area contributed by atoms with Crippen molar-refractivity contribution in [3.8, 4) is 6.07 Å². The van der Waals surface area contributed by atoms with Crippen LogP contribution in [0.15, 0.2) is 30.6 Å². The van der Waals surface area contributed by atoms with Crippen molar-refractivity contribution >= 4 is 17.3 Å². The average molecular weight is 336 g/mol. The number of hydrogen-bond donors (Lipinski definition) is 2. The topological polar surface area (TPSA) is 122 Å². The largest absolute Gasteiger partial charge is 0.382 e. The summed E-state index contributed by atoms with van der Waals surface area (Å²) in [6, 6.07) is 7.64. The minimum atomic E-state index is -0.219. The van der Waals surface area contributed by atoms with Gasteiger partial charge in [0.2, 0.25) is 0 Å². The molecule has 0 radical (unpaired) electrons. The molecule has 0 bridgehead atoms. The summed E-state index contributed by atoms with van der Waals surface area (Å²) in [7, 11) is 0. The van der Waals surface area contributed by atoms with E-state index in [0.717, 1.165) is 37.2 Å². The molecular weight excluding hydrogens is 316 g/mol. The number of aromatic nitrogens is 2. The second-order valence-corrected chi connectivity index (χ2v) is 6.19. The van der Waals surface area contributed by atoms with Crippen molar-refractivity contribution in [2.45, 2.75) is 25.3 Å². The molecule has 1 atom stereocenters. The maximum atomic E-state index is 12.6. The van der Waals surface area contributed by atoms with Gasteiger partial charge in [-0.15, -0.1) is 0 Å². The predicted octanol–water partition coefficient (Wildman–Crippen LogP) is 1.28. The summed E-state index contributed by atoms with van der Waals surface area (Å²) < 4.78 is 0. The quantitative estimate of drug-likeness (QED) is 0.806. The number of nitrogens with two attached hydrogens (primary N) is 2. The molecule has 1 unspecified atom stereocenters. The summed E-state index contributed by atoms with van der Waals surface area (Å²) in [6.45, 7) is 1.62. The molecule has 7 heteroatoms. The van der Waals surface area contributed by atoms with E-state index in [-0.39, 0.29) is 29.8 Å². The van der Waals surface area contributed by atoms with Gasteiger partial charge in [-0.05, 0) is 36.6 Å². The van der Waals surface area contributed by atoms with Gasteiger partial charge in [0, 0.05) is 43.6 Å². The second kappa shape index (κ2) is 7.28. The lowest BCUT2D eigenvalue weighted by atomic mass is 9.99. The molecule has 25 heavy (non-hydrogen) atoms. The molecule has 1 aliphatic heterocycles. The summed E-state index contributed by atoms with van der Waals surface area (Å²) in [6.07, 6.45) is 5.01. The number of ketones is 1. The minimum Gasteiger partial charge on any atom is -0.382 e. The summed E-state index contributed by atoms with van der Waals surface area (Å²) in [4.78, 5) is 22.8. The van der Waals surface area contributed by atoms with Gasteiger partial charge in [0.1, 0.15) is 5.69 Å². The predicted molar refractivity (Wildman–Crippen MR) is 95.1 cm³/mol. The van der Waals surface area contributed by atoms with E-state index in [4.69, 9.17) is 11.5 Å². The molecular formula is C18H20N6O. The Balaban J connectivity index is 1.92. The standard InChI is InChI=1S/C18H20N6O/c19-10-12-3-4-15(24-7-1-2-14(20)11-24)13(8-12)9-16(25)17-18(21)23-6-5-22-17/h3-6,8,14H,1-2,7,9,11,20H2,(H2,21,23). The molecule has 0 spiro atoms. The maximum Gasteiger partial charge on any atom is 0.189 e. The van der Waals surface area contributed by atoms with Gasteiger partial charge in [0.15, 0.2) is 11.6 Å². The first kappa shape index (κ1) is 16.9.